The molecule has 0 aliphatic rings. The van der Waals surface area contributed by atoms with Gasteiger partial charge in [0.05, 0.1) is 19.3 Å². The van der Waals surface area contributed by atoms with E-state index in [9.17, 15) is 4.55 Å². The predicted molar refractivity (Wildman–Crippen MR) is 75.7 cm³/mol. The molecule has 5 nitrogen and oxygen atoms in total. The van der Waals surface area contributed by atoms with Crippen LogP contribution in [-0.2, 0) is 11.4 Å². The Kier molecular flexibility index (Phi) is 5.39. The van der Waals surface area contributed by atoms with E-state index in [1.807, 2.05) is 27.7 Å². The summed E-state index contributed by atoms with van der Waals surface area (Å²) >= 11 is 2.07. The summed E-state index contributed by atoms with van der Waals surface area (Å²) < 4.78 is 20.5. The number of ether oxygens (including phenoxy) is 1. The largest absolute Gasteiger partial charge is 0.598 e. The summed E-state index contributed by atoms with van der Waals surface area (Å²) in [6, 6.07) is -0.208. The van der Waals surface area contributed by atoms with Crippen molar-refractivity contribution in [2.24, 2.45) is 0 Å². The maximum Gasteiger partial charge on any atom is 0.238 e. The van der Waals surface area contributed by atoms with Crippen LogP contribution in [0.1, 0.15) is 39.4 Å². The average Bonchev–Trinajstić information content (AvgIpc) is 2.27. The minimum Gasteiger partial charge on any atom is -0.598 e. The molecule has 0 radical (unpaired) electrons. The highest BCUT2D eigenvalue weighted by molar-refractivity contribution is 9.10. The van der Waals surface area contributed by atoms with Crippen LogP contribution in [0.2, 0.25) is 0 Å². The molecule has 0 bridgehead atoms. The van der Waals surface area contributed by atoms with Crippen molar-refractivity contribution in [3.8, 4) is 5.88 Å². The average molecular weight is 336 g/mol. The molecule has 1 aromatic heterocycles. The molecule has 1 N–H and O–H groups in total. The van der Waals surface area contributed by atoms with Gasteiger partial charge in [-0.05, 0) is 43.6 Å². The van der Waals surface area contributed by atoms with Crippen molar-refractivity contribution in [3.63, 3.8) is 0 Å². The fraction of sp³-hybridized carbons (Fsp3) is 0.636. The smallest absolute Gasteiger partial charge is 0.238 e. The van der Waals surface area contributed by atoms with Crippen LogP contribution in [0.5, 0.6) is 5.88 Å². The van der Waals surface area contributed by atoms with E-state index < -0.39 is 11.4 Å². The van der Waals surface area contributed by atoms with Crippen LogP contribution in [0, 0.1) is 0 Å². The summed E-state index contributed by atoms with van der Waals surface area (Å²) in [5.74, 6) is 0.426. The molecule has 18 heavy (non-hydrogen) atoms. The van der Waals surface area contributed by atoms with Crippen LogP contribution in [0.3, 0.4) is 0 Å². The second-order valence-electron chi connectivity index (χ2n) is 4.81. The van der Waals surface area contributed by atoms with Crippen molar-refractivity contribution in [2.45, 2.75) is 38.5 Å². The molecule has 1 rings (SSSR count). The Morgan fingerprint density at radius 2 is 2.11 bits per heavy atom. The van der Waals surface area contributed by atoms with Gasteiger partial charge in [-0.1, -0.05) is 0 Å². The first-order chi connectivity index (χ1) is 8.25. The standard InChI is InChI=1S/C11H18BrN3O2S/c1-7(15-18(16)11(2,3)4)9-10(17-5)14-8(12)6-13-9/h6-7,15H,1-5H3/t7-,18?/m1/s1. The van der Waals surface area contributed by atoms with Crippen LogP contribution in [0.15, 0.2) is 10.8 Å². The van der Waals surface area contributed by atoms with E-state index in [2.05, 4.69) is 30.6 Å². The number of nitrogens with zero attached hydrogens (tertiary/aromatic N) is 2. The molecule has 0 aromatic carbocycles. The number of halogens is 1. The first-order valence-corrected chi connectivity index (χ1v) is 7.44. The summed E-state index contributed by atoms with van der Waals surface area (Å²) in [5, 5.41) is 0. The van der Waals surface area contributed by atoms with Crippen molar-refractivity contribution in [1.29, 1.82) is 0 Å². The number of nitrogens with one attached hydrogen (secondary N) is 1. The van der Waals surface area contributed by atoms with Gasteiger partial charge in [-0.15, -0.1) is 4.72 Å². The van der Waals surface area contributed by atoms with E-state index in [-0.39, 0.29) is 10.8 Å². The lowest BCUT2D eigenvalue weighted by molar-refractivity contribution is 0.382. The molecule has 0 saturated carbocycles. The van der Waals surface area contributed by atoms with Gasteiger partial charge in [0, 0.05) is 11.4 Å². The Hall–Kier alpha value is -0.370. The number of hydrogen-bond donors (Lipinski definition) is 1. The van der Waals surface area contributed by atoms with Gasteiger partial charge in [0.1, 0.15) is 15.0 Å². The number of hydrogen-bond acceptors (Lipinski definition) is 5. The van der Waals surface area contributed by atoms with Crippen LogP contribution in [-0.4, -0.2) is 26.4 Å². The lowest BCUT2D eigenvalue weighted by Gasteiger charge is -2.26. The SMILES string of the molecule is COc1nc(Br)cnc1[C@@H](C)N[S+]([O-])C(C)(C)C. The van der Waals surface area contributed by atoms with E-state index >= 15 is 0 Å². The highest BCUT2D eigenvalue weighted by atomic mass is 79.9. The molecule has 0 amide bonds. The molecule has 0 aliphatic heterocycles. The molecule has 1 aromatic rings. The van der Waals surface area contributed by atoms with Crippen LogP contribution < -0.4 is 9.46 Å². The second kappa shape index (κ2) is 6.18. The van der Waals surface area contributed by atoms with Gasteiger partial charge in [0.15, 0.2) is 0 Å². The van der Waals surface area contributed by atoms with Crippen LogP contribution in [0.25, 0.3) is 0 Å². The molecule has 2 atom stereocenters. The van der Waals surface area contributed by atoms with Gasteiger partial charge in [-0.2, -0.15) is 0 Å². The topological polar surface area (TPSA) is 70.1 Å². The zero-order valence-electron chi connectivity index (χ0n) is 11.2. The van der Waals surface area contributed by atoms with Crippen molar-refractivity contribution < 1.29 is 9.29 Å². The third-order valence-electron chi connectivity index (χ3n) is 2.18. The van der Waals surface area contributed by atoms with Gasteiger partial charge >= 0.3 is 0 Å². The maximum atomic E-state index is 12.0. The van der Waals surface area contributed by atoms with Crippen LogP contribution >= 0.6 is 15.9 Å². The lowest BCUT2D eigenvalue weighted by atomic mass is 10.2. The van der Waals surface area contributed by atoms with Gasteiger partial charge < -0.3 is 9.29 Å². The molecule has 7 heteroatoms. The predicted octanol–water partition coefficient (Wildman–Crippen LogP) is 2.36. The number of rotatable bonds is 4. The first kappa shape index (κ1) is 15.7. The molecule has 1 unspecified atom stereocenters. The summed E-state index contributed by atoms with van der Waals surface area (Å²) in [6.07, 6.45) is 1.59. The fourth-order valence-electron chi connectivity index (χ4n) is 1.20. The van der Waals surface area contributed by atoms with E-state index in [1.54, 1.807) is 6.20 Å². The highest BCUT2D eigenvalue weighted by Crippen LogP contribution is 2.24. The summed E-state index contributed by atoms with van der Waals surface area (Å²) in [4.78, 5) is 8.43. The molecule has 1 heterocycles. The minimum absolute atomic E-state index is 0.208. The maximum absolute atomic E-state index is 12.0. The summed E-state index contributed by atoms with van der Waals surface area (Å²) in [6.45, 7) is 7.61. The molecule has 102 valence electrons. The zero-order valence-corrected chi connectivity index (χ0v) is 13.6. The molecule has 0 spiro atoms. The Morgan fingerprint density at radius 1 is 1.50 bits per heavy atom. The second-order valence-corrected chi connectivity index (χ2v) is 7.62. The molecular formula is C11H18BrN3O2S. The van der Waals surface area contributed by atoms with E-state index in [4.69, 9.17) is 4.74 Å². The van der Waals surface area contributed by atoms with Crippen LogP contribution in [0.4, 0.5) is 0 Å². The molecule has 0 aliphatic carbocycles. The molecular weight excluding hydrogens is 318 g/mol. The van der Waals surface area contributed by atoms with Crippen molar-refractivity contribution in [2.75, 3.05) is 7.11 Å². The summed E-state index contributed by atoms with van der Waals surface area (Å²) in [7, 11) is 1.54. The van der Waals surface area contributed by atoms with Crippen molar-refractivity contribution in [3.05, 3.63) is 16.5 Å². The van der Waals surface area contributed by atoms with Gasteiger partial charge in [-0.3, -0.25) is 4.98 Å². The quantitative estimate of drug-likeness (QED) is 0.855. The Morgan fingerprint density at radius 3 is 2.61 bits per heavy atom. The number of aromatic nitrogens is 2. The van der Waals surface area contributed by atoms with E-state index in [0.717, 1.165) is 0 Å². The van der Waals surface area contributed by atoms with Crippen molar-refractivity contribution in [1.82, 2.24) is 14.7 Å². The normalized spacial score (nSPS) is 15.3. The Balaban J connectivity index is 2.87. The Labute approximate surface area is 119 Å². The third-order valence-corrected chi connectivity index (χ3v) is 4.24. The minimum atomic E-state index is -1.17. The lowest BCUT2D eigenvalue weighted by Crippen LogP contribution is -2.40. The highest BCUT2D eigenvalue weighted by Gasteiger charge is 2.29. The van der Waals surface area contributed by atoms with Gasteiger partial charge in [-0.25, -0.2) is 4.98 Å². The Bertz CT molecular complexity index is 412. The molecule has 0 fully saturated rings. The number of methoxy groups -OCH3 is 1. The first-order valence-electron chi connectivity index (χ1n) is 5.50. The summed E-state index contributed by atoms with van der Waals surface area (Å²) in [5.41, 5.74) is 0.637. The monoisotopic (exact) mass is 335 g/mol. The zero-order chi connectivity index (χ0) is 13.9. The van der Waals surface area contributed by atoms with Crippen molar-refractivity contribution >= 4 is 27.3 Å². The molecule has 0 saturated heterocycles. The third kappa shape index (κ3) is 4.08. The van der Waals surface area contributed by atoms with E-state index in [1.165, 1.54) is 7.11 Å². The van der Waals surface area contributed by atoms with Gasteiger partial charge in [0.25, 0.3) is 0 Å². The van der Waals surface area contributed by atoms with E-state index in [0.29, 0.717) is 16.2 Å². The van der Waals surface area contributed by atoms with Gasteiger partial charge in [0.2, 0.25) is 5.88 Å². The fourth-order valence-corrected chi connectivity index (χ4v) is 2.25.